The van der Waals surface area contributed by atoms with Crippen LogP contribution in [0.2, 0.25) is 0 Å². The van der Waals surface area contributed by atoms with E-state index in [4.69, 9.17) is 5.73 Å². The molecule has 5 nitrogen and oxygen atoms in total. The Hall–Kier alpha value is -1.30. The highest BCUT2D eigenvalue weighted by Gasteiger charge is 2.22. The minimum Gasteiger partial charge on any atom is -0.382 e. The van der Waals surface area contributed by atoms with Gasteiger partial charge in [-0.2, -0.15) is 0 Å². The molecule has 1 saturated heterocycles. The Morgan fingerprint density at radius 3 is 3.06 bits per heavy atom. The minimum absolute atomic E-state index is 0.156. The van der Waals surface area contributed by atoms with Crippen molar-refractivity contribution in [3.8, 4) is 0 Å². The number of nitrogens with two attached hydrogens (primary N) is 1. The Morgan fingerprint density at radius 2 is 2.41 bits per heavy atom. The van der Waals surface area contributed by atoms with Gasteiger partial charge in [-0.1, -0.05) is 18.3 Å². The summed E-state index contributed by atoms with van der Waals surface area (Å²) in [5.74, 6) is 0.858. The van der Waals surface area contributed by atoms with Crippen molar-refractivity contribution < 1.29 is 4.79 Å². The number of amides is 1. The molecule has 6 heteroatoms. The zero-order valence-electron chi connectivity index (χ0n) is 10.2. The molecule has 0 saturated carbocycles. The standard InChI is InChI=1S/C11H18N4OS/c1-7-4-3-5-15(6-7)11-14-9(12)8(17-11)10(16)13-2/h7H,3-6,12H2,1-2H3,(H,13,16). The number of thiazole rings is 1. The lowest BCUT2D eigenvalue weighted by Crippen LogP contribution is -2.34. The molecule has 0 bridgehead atoms. The first-order valence-corrected chi connectivity index (χ1v) is 6.66. The van der Waals surface area contributed by atoms with E-state index in [1.807, 2.05) is 0 Å². The van der Waals surface area contributed by atoms with Gasteiger partial charge < -0.3 is 16.0 Å². The SMILES string of the molecule is CNC(=O)c1sc(N2CCCC(C)C2)nc1N. The molecule has 1 aliphatic heterocycles. The van der Waals surface area contributed by atoms with Gasteiger partial charge in [-0.3, -0.25) is 4.79 Å². The molecule has 0 aromatic carbocycles. The third-order valence-corrected chi connectivity index (χ3v) is 4.13. The van der Waals surface area contributed by atoms with Gasteiger partial charge in [0.25, 0.3) is 5.91 Å². The van der Waals surface area contributed by atoms with Crippen molar-refractivity contribution >= 4 is 28.2 Å². The van der Waals surface area contributed by atoms with E-state index < -0.39 is 0 Å². The fourth-order valence-electron chi connectivity index (χ4n) is 2.09. The van der Waals surface area contributed by atoms with Gasteiger partial charge in [0.05, 0.1) is 0 Å². The second-order valence-corrected chi connectivity index (χ2v) is 5.46. The van der Waals surface area contributed by atoms with Crippen molar-refractivity contribution in [1.29, 1.82) is 0 Å². The quantitative estimate of drug-likeness (QED) is 0.835. The molecule has 1 fully saturated rings. The predicted octanol–water partition coefficient (Wildman–Crippen LogP) is 1.32. The molecule has 1 aromatic heterocycles. The highest BCUT2D eigenvalue weighted by Crippen LogP contribution is 2.30. The fraction of sp³-hybridized carbons (Fsp3) is 0.636. The zero-order valence-corrected chi connectivity index (χ0v) is 11.0. The van der Waals surface area contributed by atoms with Crippen LogP contribution in [0.5, 0.6) is 0 Å². The summed E-state index contributed by atoms with van der Waals surface area (Å²) in [7, 11) is 1.60. The molecule has 1 unspecified atom stereocenters. The van der Waals surface area contributed by atoms with Crippen LogP contribution in [0.25, 0.3) is 0 Å². The van der Waals surface area contributed by atoms with Crippen LogP contribution in [0, 0.1) is 5.92 Å². The summed E-state index contributed by atoms with van der Waals surface area (Å²) in [4.78, 5) is 18.6. The van der Waals surface area contributed by atoms with E-state index in [-0.39, 0.29) is 5.91 Å². The molecule has 1 amide bonds. The maximum atomic E-state index is 11.6. The van der Waals surface area contributed by atoms with E-state index in [0.29, 0.717) is 16.6 Å². The van der Waals surface area contributed by atoms with Crippen molar-refractivity contribution in [2.75, 3.05) is 30.8 Å². The fourth-order valence-corrected chi connectivity index (χ4v) is 3.06. The van der Waals surface area contributed by atoms with Gasteiger partial charge in [-0.15, -0.1) is 0 Å². The largest absolute Gasteiger partial charge is 0.382 e. The molecule has 3 N–H and O–H groups in total. The number of aromatic nitrogens is 1. The average molecular weight is 254 g/mol. The highest BCUT2D eigenvalue weighted by molar-refractivity contribution is 7.18. The zero-order chi connectivity index (χ0) is 12.4. The number of hydrogen-bond donors (Lipinski definition) is 2. The molecular weight excluding hydrogens is 236 g/mol. The predicted molar refractivity (Wildman–Crippen MR) is 70.5 cm³/mol. The molecule has 0 radical (unpaired) electrons. The van der Waals surface area contributed by atoms with Crippen molar-refractivity contribution in [1.82, 2.24) is 10.3 Å². The van der Waals surface area contributed by atoms with Crippen molar-refractivity contribution in [3.05, 3.63) is 4.88 Å². The molecule has 1 atom stereocenters. The smallest absolute Gasteiger partial charge is 0.265 e. The Balaban J connectivity index is 2.19. The van der Waals surface area contributed by atoms with Gasteiger partial charge >= 0.3 is 0 Å². The maximum Gasteiger partial charge on any atom is 0.265 e. The van der Waals surface area contributed by atoms with Gasteiger partial charge in [0.2, 0.25) is 0 Å². The summed E-state index contributed by atoms with van der Waals surface area (Å²) in [6, 6.07) is 0. The maximum absolute atomic E-state index is 11.6. The molecule has 0 aliphatic carbocycles. The Morgan fingerprint density at radius 1 is 1.65 bits per heavy atom. The number of nitrogens with one attached hydrogen (secondary N) is 1. The summed E-state index contributed by atoms with van der Waals surface area (Å²) in [6.07, 6.45) is 2.44. The number of hydrogen-bond acceptors (Lipinski definition) is 5. The van der Waals surface area contributed by atoms with Gasteiger partial charge in [0.1, 0.15) is 10.7 Å². The van der Waals surface area contributed by atoms with E-state index in [1.54, 1.807) is 7.05 Å². The molecule has 2 heterocycles. The number of anilines is 2. The van der Waals surface area contributed by atoms with Gasteiger partial charge in [0, 0.05) is 20.1 Å². The molecule has 2 rings (SSSR count). The number of piperidine rings is 1. The summed E-state index contributed by atoms with van der Waals surface area (Å²) < 4.78 is 0. The van der Waals surface area contributed by atoms with Crippen LogP contribution in [0.1, 0.15) is 29.4 Å². The third kappa shape index (κ3) is 2.52. The molecule has 94 valence electrons. The van der Waals surface area contributed by atoms with Crippen LogP contribution < -0.4 is 16.0 Å². The van der Waals surface area contributed by atoms with Gasteiger partial charge in [-0.05, 0) is 18.8 Å². The van der Waals surface area contributed by atoms with Gasteiger partial charge in [0.15, 0.2) is 5.13 Å². The van der Waals surface area contributed by atoms with Crippen LogP contribution in [0.4, 0.5) is 10.9 Å². The summed E-state index contributed by atoms with van der Waals surface area (Å²) >= 11 is 1.38. The van der Waals surface area contributed by atoms with Crippen LogP contribution >= 0.6 is 11.3 Å². The normalized spacial score (nSPS) is 20.4. The monoisotopic (exact) mass is 254 g/mol. The van der Waals surface area contributed by atoms with Crippen LogP contribution in [0.15, 0.2) is 0 Å². The van der Waals surface area contributed by atoms with Crippen LogP contribution in [-0.4, -0.2) is 31.0 Å². The first-order chi connectivity index (χ1) is 8.11. The van der Waals surface area contributed by atoms with Crippen molar-refractivity contribution in [2.24, 2.45) is 5.92 Å². The van der Waals surface area contributed by atoms with E-state index in [0.717, 1.165) is 18.2 Å². The Kier molecular flexibility index (Phi) is 3.51. The first kappa shape index (κ1) is 12.2. The van der Waals surface area contributed by atoms with Crippen molar-refractivity contribution in [2.45, 2.75) is 19.8 Å². The molecular formula is C11H18N4OS. The van der Waals surface area contributed by atoms with E-state index in [2.05, 4.69) is 22.1 Å². The van der Waals surface area contributed by atoms with E-state index in [9.17, 15) is 4.79 Å². The second-order valence-electron chi connectivity index (χ2n) is 4.48. The third-order valence-electron chi connectivity index (χ3n) is 3.00. The number of rotatable bonds is 2. The molecule has 1 aliphatic rings. The lowest BCUT2D eigenvalue weighted by molar-refractivity contribution is 0.0968. The Bertz CT molecular complexity index is 418. The average Bonchev–Trinajstić information content (AvgIpc) is 2.70. The molecule has 1 aromatic rings. The van der Waals surface area contributed by atoms with Crippen molar-refractivity contribution in [3.63, 3.8) is 0 Å². The first-order valence-electron chi connectivity index (χ1n) is 5.85. The number of nitrogen functional groups attached to an aromatic ring is 1. The Labute approximate surface area is 105 Å². The van der Waals surface area contributed by atoms with E-state index in [1.165, 1.54) is 24.2 Å². The number of nitrogens with zero attached hydrogens (tertiary/aromatic N) is 2. The molecule has 0 spiro atoms. The second kappa shape index (κ2) is 4.91. The lowest BCUT2D eigenvalue weighted by Gasteiger charge is -2.30. The molecule has 17 heavy (non-hydrogen) atoms. The topological polar surface area (TPSA) is 71.2 Å². The van der Waals surface area contributed by atoms with Gasteiger partial charge in [-0.25, -0.2) is 4.98 Å². The summed E-state index contributed by atoms with van der Waals surface area (Å²) in [5.41, 5.74) is 5.77. The lowest BCUT2D eigenvalue weighted by atomic mass is 10.0. The number of carbonyl (C=O) groups is 1. The summed E-state index contributed by atoms with van der Waals surface area (Å²) in [6.45, 7) is 4.24. The summed E-state index contributed by atoms with van der Waals surface area (Å²) in [5, 5.41) is 3.45. The van der Waals surface area contributed by atoms with Crippen LogP contribution in [-0.2, 0) is 0 Å². The van der Waals surface area contributed by atoms with E-state index >= 15 is 0 Å². The highest BCUT2D eigenvalue weighted by atomic mass is 32.1. The van der Waals surface area contributed by atoms with Crippen LogP contribution in [0.3, 0.4) is 0 Å². The minimum atomic E-state index is -0.156. The number of carbonyl (C=O) groups excluding carboxylic acids is 1.